The van der Waals surface area contributed by atoms with Crippen LogP contribution in [0.25, 0.3) is 0 Å². The van der Waals surface area contributed by atoms with Crippen molar-refractivity contribution >= 4 is 5.78 Å². The average molecular weight is 350 g/mol. The van der Waals surface area contributed by atoms with Gasteiger partial charge in [0.05, 0.1) is 0 Å². The summed E-state index contributed by atoms with van der Waals surface area (Å²) in [6.45, 7) is 4.81. The first-order valence-corrected chi connectivity index (χ1v) is 10.8. The lowest BCUT2D eigenvalue weighted by molar-refractivity contribution is -0.158. The zero-order chi connectivity index (χ0) is 17.6. The Hall–Kier alpha value is -1.15. The molecule has 4 bridgehead atoms. The summed E-state index contributed by atoms with van der Waals surface area (Å²) in [4.78, 5) is 13.7. The molecule has 6 fully saturated rings. The number of hydrogen-bond donors (Lipinski definition) is 1. The fourth-order valence-electron chi connectivity index (χ4n) is 8.63. The molecular weight excluding hydrogens is 318 g/mol. The number of carbonyl (C=O) groups is 1. The molecule has 0 spiro atoms. The van der Waals surface area contributed by atoms with Gasteiger partial charge in [0.25, 0.3) is 0 Å². The first kappa shape index (κ1) is 15.9. The van der Waals surface area contributed by atoms with Crippen LogP contribution in [-0.4, -0.2) is 18.9 Å². The first-order chi connectivity index (χ1) is 12.5. The minimum Gasteiger partial charge on any atom is -0.316 e. The molecule has 0 radical (unpaired) electrons. The van der Waals surface area contributed by atoms with Gasteiger partial charge in [0.1, 0.15) is 5.78 Å². The SMILES string of the molecule is CC12CC3CC(C(=O)CC4[C@H]5CNC[C@@H]45)(C1)CC(c1ccccc1)(C3)C2. The third-order valence-electron chi connectivity index (χ3n) is 9.02. The number of Topliss-reactive ketones (excluding diaryl/α,β-unsaturated/α-hetero) is 1. The molecule has 7 atom stereocenters. The van der Waals surface area contributed by atoms with E-state index in [9.17, 15) is 4.79 Å². The molecule has 0 amide bonds. The third kappa shape index (κ3) is 2.11. The van der Waals surface area contributed by atoms with Crippen LogP contribution in [0.3, 0.4) is 0 Å². The molecule has 138 valence electrons. The van der Waals surface area contributed by atoms with Gasteiger partial charge in [-0.3, -0.25) is 4.79 Å². The zero-order valence-electron chi connectivity index (χ0n) is 16.0. The Morgan fingerprint density at radius 3 is 2.54 bits per heavy atom. The van der Waals surface area contributed by atoms with E-state index in [1.165, 1.54) is 37.7 Å². The zero-order valence-corrected chi connectivity index (χ0v) is 16.0. The Morgan fingerprint density at radius 1 is 1.04 bits per heavy atom. The quantitative estimate of drug-likeness (QED) is 0.876. The van der Waals surface area contributed by atoms with Gasteiger partial charge >= 0.3 is 0 Å². The fraction of sp³-hybridized carbons (Fsp3) is 0.708. The Morgan fingerprint density at radius 2 is 1.81 bits per heavy atom. The number of rotatable bonds is 4. The monoisotopic (exact) mass is 349 g/mol. The Bertz CT molecular complexity index is 749. The van der Waals surface area contributed by atoms with Crippen molar-refractivity contribution in [1.29, 1.82) is 0 Å². The second-order valence-electron chi connectivity index (χ2n) is 11.0. The summed E-state index contributed by atoms with van der Waals surface area (Å²) in [5, 5.41) is 3.48. The number of ketones is 1. The second-order valence-corrected chi connectivity index (χ2v) is 11.0. The number of carbonyl (C=O) groups excluding carboxylic acids is 1. The maximum Gasteiger partial charge on any atom is 0.139 e. The van der Waals surface area contributed by atoms with E-state index in [1.54, 1.807) is 0 Å². The smallest absolute Gasteiger partial charge is 0.139 e. The highest BCUT2D eigenvalue weighted by atomic mass is 16.1. The first-order valence-electron chi connectivity index (χ1n) is 10.8. The van der Waals surface area contributed by atoms with Crippen molar-refractivity contribution in [1.82, 2.24) is 5.32 Å². The summed E-state index contributed by atoms with van der Waals surface area (Å²) >= 11 is 0. The second kappa shape index (κ2) is 5.01. The third-order valence-corrected chi connectivity index (χ3v) is 9.02. The largest absolute Gasteiger partial charge is 0.316 e. The fourth-order valence-corrected chi connectivity index (χ4v) is 8.63. The summed E-state index contributed by atoms with van der Waals surface area (Å²) in [6, 6.07) is 11.2. The Kier molecular flexibility index (Phi) is 3.06. The number of piperidine rings is 1. The van der Waals surface area contributed by atoms with Gasteiger partial charge in [0, 0.05) is 11.8 Å². The number of benzene rings is 1. The van der Waals surface area contributed by atoms with Crippen LogP contribution in [0.5, 0.6) is 0 Å². The molecule has 0 aromatic heterocycles. The Balaban J connectivity index is 1.33. The van der Waals surface area contributed by atoms with Gasteiger partial charge < -0.3 is 5.32 Å². The molecule has 5 saturated carbocycles. The highest BCUT2D eigenvalue weighted by Crippen LogP contribution is 2.70. The van der Waals surface area contributed by atoms with Gasteiger partial charge in [0.15, 0.2) is 0 Å². The van der Waals surface area contributed by atoms with Crippen molar-refractivity contribution in [3.05, 3.63) is 35.9 Å². The van der Waals surface area contributed by atoms with Crippen LogP contribution in [-0.2, 0) is 10.2 Å². The van der Waals surface area contributed by atoms with E-state index >= 15 is 0 Å². The number of hydrogen-bond acceptors (Lipinski definition) is 2. The van der Waals surface area contributed by atoms with Gasteiger partial charge in [-0.25, -0.2) is 0 Å². The summed E-state index contributed by atoms with van der Waals surface area (Å²) in [5.74, 6) is 3.74. The van der Waals surface area contributed by atoms with Crippen molar-refractivity contribution in [2.75, 3.05) is 13.1 Å². The van der Waals surface area contributed by atoms with E-state index < -0.39 is 0 Å². The lowest BCUT2D eigenvalue weighted by Crippen LogP contribution is -2.60. The summed E-state index contributed by atoms with van der Waals surface area (Å²) < 4.78 is 0. The van der Waals surface area contributed by atoms with Gasteiger partial charge in [-0.15, -0.1) is 0 Å². The van der Waals surface area contributed by atoms with Crippen molar-refractivity contribution in [3.8, 4) is 0 Å². The molecule has 1 aromatic rings. The molecule has 6 aliphatic rings. The van der Waals surface area contributed by atoms with Gasteiger partial charge in [-0.1, -0.05) is 37.3 Å². The number of nitrogens with one attached hydrogen (secondary N) is 1. The van der Waals surface area contributed by atoms with Crippen LogP contribution in [0.2, 0.25) is 0 Å². The highest BCUT2D eigenvalue weighted by Gasteiger charge is 2.65. The van der Waals surface area contributed by atoms with Crippen molar-refractivity contribution < 1.29 is 4.79 Å². The van der Waals surface area contributed by atoms with E-state index in [1.807, 2.05) is 0 Å². The van der Waals surface area contributed by atoms with Crippen molar-refractivity contribution in [3.63, 3.8) is 0 Å². The van der Waals surface area contributed by atoms with Crippen LogP contribution in [0, 0.1) is 34.5 Å². The molecule has 5 aliphatic carbocycles. The van der Waals surface area contributed by atoms with E-state index in [0.717, 1.165) is 43.7 Å². The van der Waals surface area contributed by atoms with E-state index in [-0.39, 0.29) is 10.8 Å². The average Bonchev–Trinajstić information content (AvgIpc) is 3.01. The van der Waals surface area contributed by atoms with Gasteiger partial charge in [-0.2, -0.15) is 0 Å². The standard InChI is InChI=1S/C24H31NO/c1-22-8-16-9-23(13-22,17-5-3-2-4-6-17)15-24(10-16,14-22)21(26)7-18-19-11-25-12-20(18)19/h2-6,16,18-20,25H,7-15H2,1H3/t16?,18?,19-,20+,22?,23?,24?. The lowest BCUT2D eigenvalue weighted by atomic mass is 9.38. The van der Waals surface area contributed by atoms with Gasteiger partial charge in [-0.05, 0) is 91.7 Å². The molecule has 1 aliphatic heterocycles. The van der Waals surface area contributed by atoms with Gasteiger partial charge in [0.2, 0.25) is 0 Å². The van der Waals surface area contributed by atoms with Crippen LogP contribution >= 0.6 is 0 Å². The minimum atomic E-state index is -0.00563. The molecule has 1 heterocycles. The maximum absolute atomic E-state index is 13.7. The number of fused-ring (bicyclic) bond motifs is 1. The van der Waals surface area contributed by atoms with Crippen molar-refractivity contribution in [2.24, 2.45) is 34.5 Å². The van der Waals surface area contributed by atoms with E-state index in [0.29, 0.717) is 17.1 Å². The summed E-state index contributed by atoms with van der Waals surface area (Å²) in [7, 11) is 0. The topological polar surface area (TPSA) is 29.1 Å². The van der Waals surface area contributed by atoms with Crippen LogP contribution in [0.1, 0.15) is 57.4 Å². The van der Waals surface area contributed by atoms with Crippen LogP contribution in [0.4, 0.5) is 0 Å². The maximum atomic E-state index is 13.7. The molecule has 1 saturated heterocycles. The lowest BCUT2D eigenvalue weighted by Gasteiger charge is -2.66. The molecule has 2 nitrogen and oxygen atoms in total. The predicted octanol–water partition coefficient (Wildman–Crippen LogP) is 4.34. The van der Waals surface area contributed by atoms with Crippen LogP contribution < -0.4 is 5.32 Å². The highest BCUT2D eigenvalue weighted by molar-refractivity contribution is 5.86. The van der Waals surface area contributed by atoms with E-state index in [4.69, 9.17) is 0 Å². The summed E-state index contributed by atoms with van der Waals surface area (Å²) in [6.07, 6.45) is 8.35. The molecule has 2 heteroatoms. The molecular formula is C24H31NO. The molecule has 26 heavy (non-hydrogen) atoms. The van der Waals surface area contributed by atoms with Crippen LogP contribution in [0.15, 0.2) is 30.3 Å². The minimum absolute atomic E-state index is 0.00563. The summed E-state index contributed by atoms with van der Waals surface area (Å²) in [5.41, 5.74) is 2.16. The predicted molar refractivity (Wildman–Crippen MR) is 103 cm³/mol. The molecule has 5 unspecified atom stereocenters. The molecule has 1 N–H and O–H groups in total. The molecule has 1 aromatic carbocycles. The Labute approximate surface area is 157 Å². The molecule has 7 rings (SSSR count). The van der Waals surface area contributed by atoms with E-state index in [2.05, 4.69) is 42.6 Å². The van der Waals surface area contributed by atoms with Crippen molar-refractivity contribution in [2.45, 2.75) is 57.3 Å². The normalized spacial score (nSPS) is 50.7.